The Balaban J connectivity index is 4.03. The van der Waals surface area contributed by atoms with Crippen molar-refractivity contribution < 1.29 is 33.3 Å². The number of rotatable bonds is 5. The van der Waals surface area contributed by atoms with Crippen LogP contribution in [0.5, 0.6) is 0 Å². The van der Waals surface area contributed by atoms with E-state index in [0.29, 0.717) is 0 Å². The summed E-state index contributed by atoms with van der Waals surface area (Å²) in [6.07, 6.45) is -0.447. The number of carbonyl (C=O) groups excluding carboxylic acids is 1. The minimum Gasteiger partial charge on any atom is -0.465 e. The molecule has 0 aliphatic carbocycles. The SMILES string of the molecule is CC(=O)OCCP(=O)(O)CP(=O)(O)O. The van der Waals surface area contributed by atoms with Crippen LogP contribution in [0.4, 0.5) is 0 Å². The molecule has 0 spiro atoms. The molecule has 0 aliphatic heterocycles. The second-order valence-corrected chi connectivity index (χ2v) is 7.32. The summed E-state index contributed by atoms with van der Waals surface area (Å²) in [6, 6.07) is 0. The summed E-state index contributed by atoms with van der Waals surface area (Å²) >= 11 is 0. The molecule has 0 radical (unpaired) electrons. The Bertz CT molecular complexity index is 292. The van der Waals surface area contributed by atoms with E-state index in [1.54, 1.807) is 0 Å². The summed E-state index contributed by atoms with van der Waals surface area (Å²) in [7, 11) is -8.42. The van der Waals surface area contributed by atoms with E-state index in [-0.39, 0.29) is 6.61 Å². The van der Waals surface area contributed by atoms with Gasteiger partial charge in [-0.3, -0.25) is 13.9 Å². The van der Waals surface area contributed by atoms with E-state index < -0.39 is 33.0 Å². The monoisotopic (exact) mass is 246 g/mol. The first kappa shape index (κ1) is 13.8. The Labute approximate surface area is 80.7 Å². The summed E-state index contributed by atoms with van der Waals surface area (Å²) in [4.78, 5) is 36.2. The van der Waals surface area contributed by atoms with Crippen LogP contribution in [0.25, 0.3) is 0 Å². The Morgan fingerprint density at radius 2 is 1.79 bits per heavy atom. The van der Waals surface area contributed by atoms with Crippen LogP contribution < -0.4 is 0 Å². The predicted molar refractivity (Wildman–Crippen MR) is 48.2 cm³/mol. The summed E-state index contributed by atoms with van der Waals surface area (Å²) in [5, 5.41) is 0. The Morgan fingerprint density at radius 1 is 1.29 bits per heavy atom. The van der Waals surface area contributed by atoms with E-state index in [1.807, 2.05) is 0 Å². The van der Waals surface area contributed by atoms with Crippen molar-refractivity contribution in [2.45, 2.75) is 6.92 Å². The summed E-state index contributed by atoms with van der Waals surface area (Å²) in [5.74, 6) is -1.69. The van der Waals surface area contributed by atoms with Crippen LogP contribution in [0.2, 0.25) is 0 Å². The molecule has 0 aromatic heterocycles. The van der Waals surface area contributed by atoms with E-state index in [2.05, 4.69) is 4.74 Å². The van der Waals surface area contributed by atoms with Crippen LogP contribution in [0, 0.1) is 0 Å². The van der Waals surface area contributed by atoms with Gasteiger partial charge in [0.05, 0.1) is 6.16 Å². The van der Waals surface area contributed by atoms with Gasteiger partial charge in [0.15, 0.2) is 0 Å². The predicted octanol–water partition coefficient (Wildman–Crippen LogP) is -0.0449. The molecule has 0 rings (SSSR count). The number of esters is 1. The van der Waals surface area contributed by atoms with Crippen LogP contribution >= 0.6 is 15.0 Å². The van der Waals surface area contributed by atoms with Crippen LogP contribution in [0.15, 0.2) is 0 Å². The van der Waals surface area contributed by atoms with Gasteiger partial charge in [0.1, 0.15) is 12.5 Å². The highest BCUT2D eigenvalue weighted by atomic mass is 31.2. The number of ether oxygens (including phenoxy) is 1. The second-order valence-electron chi connectivity index (χ2n) is 2.72. The lowest BCUT2D eigenvalue weighted by Crippen LogP contribution is -2.06. The highest BCUT2D eigenvalue weighted by molar-refractivity contribution is 7.72. The molecular weight excluding hydrogens is 234 g/mol. The van der Waals surface area contributed by atoms with Crippen molar-refractivity contribution in [3.05, 3.63) is 0 Å². The van der Waals surface area contributed by atoms with E-state index in [9.17, 15) is 13.9 Å². The van der Waals surface area contributed by atoms with Crippen LogP contribution in [-0.4, -0.2) is 39.3 Å². The first-order valence-electron chi connectivity index (χ1n) is 3.61. The van der Waals surface area contributed by atoms with Gasteiger partial charge in [-0.25, -0.2) is 0 Å². The van der Waals surface area contributed by atoms with Crippen molar-refractivity contribution in [1.82, 2.24) is 0 Å². The largest absolute Gasteiger partial charge is 0.465 e. The molecule has 3 N–H and O–H groups in total. The fourth-order valence-electron chi connectivity index (χ4n) is 0.691. The lowest BCUT2D eigenvalue weighted by Gasteiger charge is -2.11. The van der Waals surface area contributed by atoms with Crippen LogP contribution in [-0.2, 0) is 18.7 Å². The van der Waals surface area contributed by atoms with Gasteiger partial charge in [0, 0.05) is 6.92 Å². The van der Waals surface area contributed by atoms with Crippen molar-refractivity contribution >= 4 is 20.9 Å². The molecule has 0 aromatic carbocycles. The number of hydrogen-bond acceptors (Lipinski definition) is 4. The van der Waals surface area contributed by atoms with Crippen molar-refractivity contribution in [2.24, 2.45) is 0 Å². The first-order chi connectivity index (χ1) is 6.12. The fraction of sp³-hybridized carbons (Fsp3) is 0.800. The standard InChI is InChI=1S/C5H12O7P2/c1-5(6)12-2-3-13(7,8)4-14(9,10)11/h2-4H2,1H3,(H,7,8)(H2,9,10,11). The molecule has 9 heteroatoms. The maximum absolute atomic E-state index is 11.1. The van der Waals surface area contributed by atoms with Gasteiger partial charge in [-0.1, -0.05) is 0 Å². The molecule has 0 aromatic rings. The molecule has 1 atom stereocenters. The summed E-state index contributed by atoms with van der Waals surface area (Å²) < 4.78 is 25.8. The highest BCUT2D eigenvalue weighted by Crippen LogP contribution is 2.54. The van der Waals surface area contributed by atoms with E-state index in [4.69, 9.17) is 14.7 Å². The smallest absolute Gasteiger partial charge is 0.335 e. The Kier molecular flexibility index (Phi) is 4.98. The van der Waals surface area contributed by atoms with Gasteiger partial charge in [-0.2, -0.15) is 0 Å². The Morgan fingerprint density at radius 3 is 2.14 bits per heavy atom. The van der Waals surface area contributed by atoms with Crippen molar-refractivity contribution in [2.75, 3.05) is 18.7 Å². The number of hydrogen-bond donors (Lipinski definition) is 3. The van der Waals surface area contributed by atoms with Gasteiger partial charge in [-0.05, 0) is 0 Å². The van der Waals surface area contributed by atoms with Gasteiger partial charge in [0.2, 0.25) is 7.37 Å². The summed E-state index contributed by atoms with van der Waals surface area (Å²) in [6.45, 7) is 0.814. The molecule has 84 valence electrons. The molecule has 0 heterocycles. The average molecular weight is 246 g/mol. The van der Waals surface area contributed by atoms with Crippen molar-refractivity contribution in [1.29, 1.82) is 0 Å². The zero-order chi connectivity index (χ0) is 11.4. The van der Waals surface area contributed by atoms with Gasteiger partial charge in [-0.15, -0.1) is 0 Å². The van der Waals surface area contributed by atoms with Crippen LogP contribution in [0.3, 0.4) is 0 Å². The highest BCUT2D eigenvalue weighted by Gasteiger charge is 2.29. The molecule has 1 unspecified atom stereocenters. The van der Waals surface area contributed by atoms with Crippen LogP contribution in [0.1, 0.15) is 6.92 Å². The van der Waals surface area contributed by atoms with Gasteiger partial charge in [0.25, 0.3) is 0 Å². The van der Waals surface area contributed by atoms with E-state index in [0.717, 1.165) is 6.92 Å². The molecule has 0 saturated carbocycles. The topological polar surface area (TPSA) is 121 Å². The zero-order valence-electron chi connectivity index (χ0n) is 7.49. The third-order valence-corrected chi connectivity index (χ3v) is 5.27. The molecule has 0 aliphatic rings. The zero-order valence-corrected chi connectivity index (χ0v) is 9.28. The van der Waals surface area contributed by atoms with Gasteiger partial charge < -0.3 is 19.4 Å². The third kappa shape index (κ3) is 8.41. The number of carbonyl (C=O) groups is 1. The van der Waals surface area contributed by atoms with Crippen molar-refractivity contribution in [3.8, 4) is 0 Å². The minimum absolute atomic E-state index is 0.316. The molecule has 0 amide bonds. The lowest BCUT2D eigenvalue weighted by atomic mass is 10.8. The summed E-state index contributed by atoms with van der Waals surface area (Å²) in [5.41, 5.74) is 0. The molecule has 0 saturated heterocycles. The van der Waals surface area contributed by atoms with Crippen molar-refractivity contribution in [3.63, 3.8) is 0 Å². The van der Waals surface area contributed by atoms with Gasteiger partial charge >= 0.3 is 13.6 Å². The normalized spacial score (nSPS) is 16.0. The molecule has 0 bridgehead atoms. The second kappa shape index (κ2) is 5.05. The quantitative estimate of drug-likeness (QED) is 0.459. The lowest BCUT2D eigenvalue weighted by molar-refractivity contribution is -0.140. The minimum atomic E-state index is -4.50. The maximum Gasteiger partial charge on any atom is 0.335 e. The van der Waals surface area contributed by atoms with E-state index >= 15 is 0 Å². The maximum atomic E-state index is 11.1. The van der Waals surface area contributed by atoms with E-state index in [1.165, 1.54) is 0 Å². The Hall–Kier alpha value is -0.190. The molecular formula is C5H12O7P2. The average Bonchev–Trinajstić information content (AvgIpc) is 1.78. The fourth-order valence-corrected chi connectivity index (χ4v) is 3.94. The molecule has 0 fully saturated rings. The molecule has 7 nitrogen and oxygen atoms in total. The third-order valence-electron chi connectivity index (χ3n) is 1.15. The first-order valence-corrected chi connectivity index (χ1v) is 7.44. The molecule has 14 heavy (non-hydrogen) atoms.